The van der Waals surface area contributed by atoms with Crippen molar-refractivity contribution >= 4 is 11.3 Å². The highest BCUT2D eigenvalue weighted by atomic mass is 32.1. The summed E-state index contributed by atoms with van der Waals surface area (Å²) >= 11 is 1.87. The maximum absolute atomic E-state index is 8.80. The number of hydrogen-bond acceptors (Lipinski definition) is 2. The smallest absolute Gasteiger partial charge is 0.0991 e. The summed E-state index contributed by atoms with van der Waals surface area (Å²) in [5.74, 6) is 0. The van der Waals surface area contributed by atoms with Gasteiger partial charge in [-0.25, -0.2) is 0 Å². The summed E-state index contributed by atoms with van der Waals surface area (Å²) in [7, 11) is 0. The van der Waals surface area contributed by atoms with Crippen LogP contribution in [0.3, 0.4) is 0 Å². The van der Waals surface area contributed by atoms with Crippen LogP contribution in [0.5, 0.6) is 0 Å². The van der Waals surface area contributed by atoms with Gasteiger partial charge < -0.3 is 0 Å². The van der Waals surface area contributed by atoms with Gasteiger partial charge in [-0.15, -0.1) is 11.3 Å². The van der Waals surface area contributed by atoms with E-state index in [1.807, 2.05) is 35.6 Å². The molecule has 2 aromatic rings. The van der Waals surface area contributed by atoms with Crippen molar-refractivity contribution in [2.45, 2.75) is 39.0 Å². The standard InChI is InChI=1S/C17H19NS/c1-2-3-4-5-6-16-11-12-17(19-16)15-9-7-14(13-18)8-10-15/h7-12H,2-6H2,1H3. The van der Waals surface area contributed by atoms with Crippen LogP contribution in [-0.2, 0) is 6.42 Å². The molecule has 0 saturated heterocycles. The lowest BCUT2D eigenvalue weighted by Gasteiger charge is -1.98. The Kier molecular flexibility index (Phi) is 5.18. The molecule has 1 aromatic heterocycles. The molecule has 1 nitrogen and oxygen atoms in total. The first kappa shape index (κ1) is 13.8. The molecule has 0 unspecified atom stereocenters. The van der Waals surface area contributed by atoms with Crippen molar-refractivity contribution < 1.29 is 0 Å². The van der Waals surface area contributed by atoms with E-state index in [0.29, 0.717) is 0 Å². The van der Waals surface area contributed by atoms with Crippen molar-refractivity contribution in [2.75, 3.05) is 0 Å². The third kappa shape index (κ3) is 3.94. The van der Waals surface area contributed by atoms with Crippen LogP contribution in [0.4, 0.5) is 0 Å². The number of aryl methyl sites for hydroxylation is 1. The first-order chi connectivity index (χ1) is 9.33. The molecule has 1 aromatic carbocycles. The first-order valence-corrected chi connectivity index (χ1v) is 7.74. The van der Waals surface area contributed by atoms with E-state index >= 15 is 0 Å². The Morgan fingerprint density at radius 2 is 1.79 bits per heavy atom. The van der Waals surface area contributed by atoms with E-state index in [2.05, 4.69) is 25.1 Å². The van der Waals surface area contributed by atoms with Gasteiger partial charge in [0.2, 0.25) is 0 Å². The van der Waals surface area contributed by atoms with Crippen LogP contribution < -0.4 is 0 Å². The van der Waals surface area contributed by atoms with E-state index < -0.39 is 0 Å². The molecule has 0 amide bonds. The van der Waals surface area contributed by atoms with Crippen LogP contribution >= 0.6 is 11.3 Å². The van der Waals surface area contributed by atoms with E-state index in [9.17, 15) is 0 Å². The summed E-state index contributed by atoms with van der Waals surface area (Å²) in [6.07, 6.45) is 6.46. The van der Waals surface area contributed by atoms with Crippen molar-refractivity contribution in [3.05, 3.63) is 46.8 Å². The van der Waals surface area contributed by atoms with Crippen molar-refractivity contribution in [1.29, 1.82) is 5.26 Å². The van der Waals surface area contributed by atoms with Gasteiger partial charge in [0, 0.05) is 9.75 Å². The van der Waals surface area contributed by atoms with Gasteiger partial charge in [0.05, 0.1) is 11.6 Å². The van der Waals surface area contributed by atoms with Crippen LogP contribution in [0, 0.1) is 11.3 Å². The fraction of sp³-hybridized carbons (Fsp3) is 0.353. The van der Waals surface area contributed by atoms with Gasteiger partial charge >= 0.3 is 0 Å². The molecule has 0 aliphatic heterocycles. The van der Waals surface area contributed by atoms with Crippen molar-refractivity contribution in [2.24, 2.45) is 0 Å². The van der Waals surface area contributed by atoms with Crippen LogP contribution in [0.25, 0.3) is 10.4 Å². The average Bonchev–Trinajstić information content (AvgIpc) is 2.92. The predicted octanol–water partition coefficient (Wildman–Crippen LogP) is 5.41. The topological polar surface area (TPSA) is 23.8 Å². The number of benzene rings is 1. The first-order valence-electron chi connectivity index (χ1n) is 6.92. The van der Waals surface area contributed by atoms with Crippen molar-refractivity contribution in [3.63, 3.8) is 0 Å². The summed E-state index contributed by atoms with van der Waals surface area (Å²) in [4.78, 5) is 2.77. The molecule has 0 fully saturated rings. The number of unbranched alkanes of at least 4 members (excludes halogenated alkanes) is 3. The second kappa shape index (κ2) is 7.11. The lowest BCUT2D eigenvalue weighted by molar-refractivity contribution is 0.670. The molecular weight excluding hydrogens is 250 g/mol. The molecule has 2 rings (SSSR count). The lowest BCUT2D eigenvalue weighted by atomic mass is 10.1. The number of nitriles is 1. The van der Waals surface area contributed by atoms with Gasteiger partial charge in [0.25, 0.3) is 0 Å². The van der Waals surface area contributed by atoms with Crippen LogP contribution in [0.1, 0.15) is 43.0 Å². The molecule has 19 heavy (non-hydrogen) atoms. The highest BCUT2D eigenvalue weighted by Gasteiger charge is 2.03. The van der Waals surface area contributed by atoms with E-state index in [4.69, 9.17) is 5.26 Å². The highest BCUT2D eigenvalue weighted by molar-refractivity contribution is 7.15. The van der Waals surface area contributed by atoms with Gasteiger partial charge in [-0.05, 0) is 42.7 Å². The van der Waals surface area contributed by atoms with Crippen LogP contribution in [0.15, 0.2) is 36.4 Å². The minimum Gasteiger partial charge on any atom is -0.192 e. The van der Waals surface area contributed by atoms with Crippen molar-refractivity contribution in [1.82, 2.24) is 0 Å². The summed E-state index contributed by atoms with van der Waals surface area (Å²) in [5, 5.41) is 8.80. The zero-order valence-corrected chi connectivity index (χ0v) is 12.2. The number of thiophene rings is 1. The molecule has 1 heterocycles. The second-order valence-electron chi connectivity index (χ2n) is 4.77. The molecular formula is C17H19NS. The van der Waals surface area contributed by atoms with E-state index in [1.54, 1.807) is 0 Å². The molecule has 0 N–H and O–H groups in total. The predicted molar refractivity (Wildman–Crippen MR) is 82.3 cm³/mol. The minimum absolute atomic E-state index is 0.722. The molecule has 98 valence electrons. The SMILES string of the molecule is CCCCCCc1ccc(-c2ccc(C#N)cc2)s1. The molecule has 0 atom stereocenters. The van der Waals surface area contributed by atoms with E-state index in [0.717, 1.165) is 5.56 Å². The summed E-state index contributed by atoms with van der Waals surface area (Å²) in [6, 6.07) is 14.4. The summed E-state index contributed by atoms with van der Waals surface area (Å²) in [6.45, 7) is 2.24. The quantitative estimate of drug-likeness (QED) is 0.643. The fourth-order valence-electron chi connectivity index (χ4n) is 2.10. The Balaban J connectivity index is 1.98. The second-order valence-corrected chi connectivity index (χ2v) is 5.93. The van der Waals surface area contributed by atoms with Gasteiger partial charge in [-0.3, -0.25) is 0 Å². The zero-order valence-electron chi connectivity index (χ0n) is 11.4. The van der Waals surface area contributed by atoms with Crippen LogP contribution in [-0.4, -0.2) is 0 Å². The van der Waals surface area contributed by atoms with Gasteiger partial charge in [0.15, 0.2) is 0 Å². The molecule has 0 aliphatic rings. The largest absolute Gasteiger partial charge is 0.192 e. The average molecular weight is 269 g/mol. The molecule has 2 heteroatoms. The monoisotopic (exact) mass is 269 g/mol. The van der Waals surface area contributed by atoms with E-state index in [-0.39, 0.29) is 0 Å². The van der Waals surface area contributed by atoms with E-state index in [1.165, 1.54) is 47.4 Å². The molecule has 0 spiro atoms. The Hall–Kier alpha value is -1.59. The van der Waals surface area contributed by atoms with Crippen LogP contribution in [0.2, 0.25) is 0 Å². The Bertz CT molecular complexity index is 545. The normalized spacial score (nSPS) is 10.3. The third-order valence-corrected chi connectivity index (χ3v) is 4.43. The number of rotatable bonds is 6. The fourth-order valence-corrected chi connectivity index (χ4v) is 3.16. The molecule has 0 saturated carbocycles. The van der Waals surface area contributed by atoms with Gasteiger partial charge in [-0.2, -0.15) is 5.26 Å². The molecule has 0 radical (unpaired) electrons. The summed E-state index contributed by atoms with van der Waals surface area (Å²) < 4.78 is 0. The maximum atomic E-state index is 8.80. The van der Waals surface area contributed by atoms with Gasteiger partial charge in [-0.1, -0.05) is 38.3 Å². The molecule has 0 bridgehead atoms. The van der Waals surface area contributed by atoms with Gasteiger partial charge in [0.1, 0.15) is 0 Å². The number of hydrogen-bond donors (Lipinski definition) is 0. The zero-order chi connectivity index (χ0) is 13.5. The Morgan fingerprint density at radius 1 is 1.00 bits per heavy atom. The highest BCUT2D eigenvalue weighted by Crippen LogP contribution is 2.29. The van der Waals surface area contributed by atoms with Crippen molar-refractivity contribution in [3.8, 4) is 16.5 Å². The number of nitrogens with zero attached hydrogens (tertiary/aromatic N) is 1. The minimum atomic E-state index is 0.722. The summed E-state index contributed by atoms with van der Waals surface area (Å²) in [5.41, 5.74) is 1.93. The third-order valence-electron chi connectivity index (χ3n) is 3.24. The maximum Gasteiger partial charge on any atom is 0.0991 e. The Labute approximate surface area is 119 Å². The Morgan fingerprint density at radius 3 is 2.47 bits per heavy atom. The lowest BCUT2D eigenvalue weighted by Crippen LogP contribution is -1.80. The molecule has 0 aliphatic carbocycles.